The third-order valence-corrected chi connectivity index (χ3v) is 6.14. The Morgan fingerprint density at radius 1 is 1.20 bits per heavy atom. The van der Waals surface area contributed by atoms with Crippen LogP contribution in [0.2, 0.25) is 0 Å². The van der Waals surface area contributed by atoms with E-state index in [1.54, 1.807) is 0 Å². The van der Waals surface area contributed by atoms with Crippen LogP contribution in [0.3, 0.4) is 0 Å². The highest BCUT2D eigenvalue weighted by molar-refractivity contribution is 5.81. The molecule has 0 unspecified atom stereocenters. The number of aromatic nitrogens is 2. The van der Waals surface area contributed by atoms with E-state index in [9.17, 15) is 14.7 Å². The highest BCUT2D eigenvalue weighted by Crippen LogP contribution is 2.46. The summed E-state index contributed by atoms with van der Waals surface area (Å²) in [4.78, 5) is 30.9. The molecule has 3 fully saturated rings. The Kier molecular flexibility index (Phi) is 4.25. The third kappa shape index (κ3) is 3.04. The van der Waals surface area contributed by atoms with Crippen LogP contribution in [0.4, 0.5) is 0 Å². The Bertz CT molecular complexity index is 669. The summed E-state index contributed by atoms with van der Waals surface area (Å²) in [5, 5.41) is 13.8. The molecule has 1 aromatic heterocycles. The molecule has 136 valence electrons. The van der Waals surface area contributed by atoms with Crippen LogP contribution in [-0.2, 0) is 16.0 Å². The predicted molar refractivity (Wildman–Crippen MR) is 87.9 cm³/mol. The Morgan fingerprint density at radius 2 is 2.04 bits per heavy atom. The smallest absolute Gasteiger partial charge is 0.311 e. The van der Waals surface area contributed by atoms with Crippen LogP contribution in [0.25, 0.3) is 0 Å². The van der Waals surface area contributed by atoms with E-state index in [4.69, 9.17) is 4.52 Å². The molecule has 7 heteroatoms. The van der Waals surface area contributed by atoms with Gasteiger partial charge in [0.15, 0.2) is 5.82 Å². The van der Waals surface area contributed by atoms with Gasteiger partial charge in [-0.2, -0.15) is 4.98 Å². The molecule has 1 N–H and O–H groups in total. The molecule has 25 heavy (non-hydrogen) atoms. The zero-order valence-corrected chi connectivity index (χ0v) is 14.4. The van der Waals surface area contributed by atoms with Crippen molar-refractivity contribution in [1.29, 1.82) is 0 Å². The van der Waals surface area contributed by atoms with Crippen molar-refractivity contribution in [3.63, 3.8) is 0 Å². The molecule has 1 amide bonds. The maximum absolute atomic E-state index is 12.7. The van der Waals surface area contributed by atoms with Gasteiger partial charge in [-0.05, 0) is 32.1 Å². The van der Waals surface area contributed by atoms with Crippen LogP contribution in [0, 0.1) is 5.41 Å². The average Bonchev–Trinajstić information content (AvgIpc) is 3.29. The largest absolute Gasteiger partial charge is 0.481 e. The van der Waals surface area contributed by atoms with E-state index < -0.39 is 11.4 Å². The number of amides is 1. The van der Waals surface area contributed by atoms with Crippen molar-refractivity contribution in [2.75, 3.05) is 6.54 Å². The second kappa shape index (κ2) is 6.42. The van der Waals surface area contributed by atoms with Crippen LogP contribution < -0.4 is 0 Å². The van der Waals surface area contributed by atoms with E-state index in [-0.39, 0.29) is 11.9 Å². The molecule has 4 rings (SSSR count). The molecule has 1 aliphatic heterocycles. The van der Waals surface area contributed by atoms with E-state index in [1.165, 1.54) is 0 Å². The molecular formula is C18H25N3O4. The zero-order chi connectivity index (χ0) is 17.4. The molecule has 0 radical (unpaired) electrons. The fraction of sp³-hybridized carbons (Fsp3) is 0.778. The lowest BCUT2D eigenvalue weighted by atomic mass is 9.76. The van der Waals surface area contributed by atoms with Crippen LogP contribution in [-0.4, -0.2) is 44.6 Å². The summed E-state index contributed by atoms with van der Waals surface area (Å²) in [5.41, 5.74) is -0.740. The molecule has 2 aliphatic carbocycles. The molecule has 0 aromatic carbocycles. The van der Waals surface area contributed by atoms with Gasteiger partial charge in [0.1, 0.15) is 0 Å². The number of hydrogen-bond donors (Lipinski definition) is 1. The monoisotopic (exact) mass is 347 g/mol. The zero-order valence-electron chi connectivity index (χ0n) is 14.4. The van der Waals surface area contributed by atoms with E-state index in [2.05, 4.69) is 10.1 Å². The number of fused-ring (bicyclic) bond motifs is 1. The van der Waals surface area contributed by atoms with Gasteiger partial charge in [0.05, 0.1) is 5.41 Å². The first-order chi connectivity index (χ1) is 12.1. The van der Waals surface area contributed by atoms with Crippen molar-refractivity contribution in [3.8, 4) is 0 Å². The highest BCUT2D eigenvalue weighted by Gasteiger charge is 2.54. The normalized spacial score (nSPS) is 29.3. The van der Waals surface area contributed by atoms with Crippen molar-refractivity contribution in [2.45, 2.75) is 76.2 Å². The number of aryl methyl sites for hydroxylation is 1. The lowest BCUT2D eigenvalue weighted by molar-refractivity contribution is -0.152. The van der Waals surface area contributed by atoms with E-state index in [0.717, 1.165) is 44.3 Å². The van der Waals surface area contributed by atoms with Gasteiger partial charge in [-0.3, -0.25) is 9.59 Å². The number of likely N-dealkylation sites (tertiary alicyclic amines) is 1. The number of aliphatic carboxylic acids is 1. The topological polar surface area (TPSA) is 96.5 Å². The molecule has 0 bridgehead atoms. The Morgan fingerprint density at radius 3 is 2.80 bits per heavy atom. The van der Waals surface area contributed by atoms with Gasteiger partial charge in [0.25, 0.3) is 0 Å². The lowest BCUT2D eigenvalue weighted by Gasteiger charge is -2.33. The SMILES string of the molecule is O=C(CCc1nc(C2CC2)no1)N1CC[C@]2(C(=O)O)CCCCC[C@H]12. The first-order valence-electron chi connectivity index (χ1n) is 9.45. The van der Waals surface area contributed by atoms with Crippen molar-refractivity contribution in [2.24, 2.45) is 5.41 Å². The molecule has 3 aliphatic rings. The molecule has 2 heterocycles. The number of rotatable bonds is 5. The standard InChI is InChI=1S/C18H25N3O4/c22-15(8-7-14-19-16(20-25-14)12-5-6-12)21-11-10-18(17(23)24)9-3-1-2-4-13(18)21/h12-13H,1-11H2,(H,23,24)/t13-,18+/m0/s1. The van der Waals surface area contributed by atoms with E-state index >= 15 is 0 Å². The molecular weight excluding hydrogens is 322 g/mol. The maximum Gasteiger partial charge on any atom is 0.311 e. The minimum absolute atomic E-state index is 0.0150. The Labute approximate surface area is 146 Å². The fourth-order valence-electron chi connectivity index (χ4n) is 4.51. The molecule has 1 saturated heterocycles. The molecule has 7 nitrogen and oxygen atoms in total. The quantitative estimate of drug-likeness (QED) is 0.879. The van der Waals surface area contributed by atoms with Gasteiger partial charge < -0.3 is 14.5 Å². The second-order valence-electron chi connectivity index (χ2n) is 7.73. The number of carboxylic acids is 1. The summed E-state index contributed by atoms with van der Waals surface area (Å²) in [5.74, 6) is 0.993. The van der Waals surface area contributed by atoms with E-state index in [1.807, 2.05) is 4.90 Å². The third-order valence-electron chi connectivity index (χ3n) is 6.14. The number of carbonyl (C=O) groups is 2. The molecule has 2 saturated carbocycles. The van der Waals surface area contributed by atoms with Crippen molar-refractivity contribution in [1.82, 2.24) is 15.0 Å². The summed E-state index contributed by atoms with van der Waals surface area (Å²) in [7, 11) is 0. The van der Waals surface area contributed by atoms with Crippen LogP contribution in [0.15, 0.2) is 4.52 Å². The van der Waals surface area contributed by atoms with Crippen molar-refractivity contribution in [3.05, 3.63) is 11.7 Å². The minimum atomic E-state index is -0.740. The van der Waals surface area contributed by atoms with Crippen molar-refractivity contribution >= 4 is 11.9 Å². The number of hydrogen-bond acceptors (Lipinski definition) is 5. The van der Waals surface area contributed by atoms with E-state index in [0.29, 0.717) is 44.0 Å². The highest BCUT2D eigenvalue weighted by atomic mass is 16.5. The molecule has 0 spiro atoms. The van der Waals surface area contributed by atoms with Gasteiger partial charge >= 0.3 is 5.97 Å². The van der Waals surface area contributed by atoms with Crippen LogP contribution in [0.5, 0.6) is 0 Å². The average molecular weight is 347 g/mol. The Hall–Kier alpha value is -1.92. The fourth-order valence-corrected chi connectivity index (χ4v) is 4.51. The van der Waals surface area contributed by atoms with Gasteiger partial charge in [-0.25, -0.2) is 0 Å². The number of carbonyl (C=O) groups excluding carboxylic acids is 1. The van der Waals surface area contributed by atoms with Gasteiger partial charge in [0, 0.05) is 31.3 Å². The molecule has 2 atom stereocenters. The summed E-state index contributed by atoms with van der Waals surface area (Å²) < 4.78 is 5.24. The lowest BCUT2D eigenvalue weighted by Crippen LogP contribution is -2.46. The van der Waals surface area contributed by atoms with Gasteiger partial charge in [-0.1, -0.05) is 24.4 Å². The first kappa shape index (κ1) is 16.5. The predicted octanol–water partition coefficient (Wildman–Crippen LogP) is 2.52. The van der Waals surface area contributed by atoms with Gasteiger partial charge in [0.2, 0.25) is 11.8 Å². The molecule has 1 aromatic rings. The van der Waals surface area contributed by atoms with Crippen molar-refractivity contribution < 1.29 is 19.2 Å². The van der Waals surface area contributed by atoms with Gasteiger partial charge in [-0.15, -0.1) is 0 Å². The number of nitrogens with zero attached hydrogens (tertiary/aromatic N) is 3. The second-order valence-corrected chi connectivity index (χ2v) is 7.73. The summed E-state index contributed by atoms with van der Waals surface area (Å²) in [6.07, 6.45) is 8.02. The first-order valence-corrected chi connectivity index (χ1v) is 9.45. The van der Waals surface area contributed by atoms with Crippen LogP contribution >= 0.6 is 0 Å². The summed E-state index contributed by atoms with van der Waals surface area (Å²) in [6, 6.07) is -0.162. The summed E-state index contributed by atoms with van der Waals surface area (Å²) in [6.45, 7) is 0.549. The Balaban J connectivity index is 1.41. The number of carboxylic acid groups (broad SMARTS) is 1. The maximum atomic E-state index is 12.7. The minimum Gasteiger partial charge on any atom is -0.481 e. The van der Waals surface area contributed by atoms with Crippen LogP contribution in [0.1, 0.15) is 75.4 Å². The summed E-state index contributed by atoms with van der Waals surface area (Å²) >= 11 is 0.